The molecule has 0 radical (unpaired) electrons. The molecule has 2 aliphatic rings. The van der Waals surface area contributed by atoms with Crippen molar-refractivity contribution in [3.05, 3.63) is 58.9 Å². The van der Waals surface area contributed by atoms with E-state index in [9.17, 15) is 9.59 Å². The van der Waals surface area contributed by atoms with Crippen LogP contribution in [0.1, 0.15) is 12.8 Å². The van der Waals surface area contributed by atoms with E-state index in [0.29, 0.717) is 42.2 Å². The molecule has 0 unspecified atom stereocenters. The maximum atomic E-state index is 13.7. The number of carbonyl (C=O) groups is 1. The molecule has 2 fully saturated rings. The van der Waals surface area contributed by atoms with Crippen LogP contribution >= 0.6 is 11.8 Å². The Labute approximate surface area is 208 Å². The van der Waals surface area contributed by atoms with E-state index in [1.165, 1.54) is 0 Å². The summed E-state index contributed by atoms with van der Waals surface area (Å²) in [5, 5.41) is 1.27. The molecule has 5 rings (SSSR count). The number of rotatable bonds is 8. The summed E-state index contributed by atoms with van der Waals surface area (Å²) >= 11 is 1.58. The molecular weight excluding hydrogens is 464 g/mol. The van der Waals surface area contributed by atoms with Crippen molar-refractivity contribution in [3.63, 3.8) is 0 Å². The Morgan fingerprint density at radius 2 is 1.80 bits per heavy atom. The molecule has 3 aromatic rings. The van der Waals surface area contributed by atoms with Crippen LogP contribution in [0.5, 0.6) is 5.75 Å². The third-order valence-electron chi connectivity index (χ3n) is 6.51. The second-order valence-corrected chi connectivity index (χ2v) is 10.1. The number of morpholine rings is 1. The second-order valence-electron chi connectivity index (χ2n) is 8.85. The van der Waals surface area contributed by atoms with Gasteiger partial charge >= 0.3 is 0 Å². The van der Waals surface area contributed by atoms with Gasteiger partial charge in [0.05, 0.1) is 36.9 Å². The van der Waals surface area contributed by atoms with Gasteiger partial charge in [-0.2, -0.15) is 0 Å². The van der Waals surface area contributed by atoms with Gasteiger partial charge in [0, 0.05) is 44.4 Å². The highest BCUT2D eigenvalue weighted by Crippen LogP contribution is 2.28. The third kappa shape index (κ3) is 5.37. The van der Waals surface area contributed by atoms with E-state index in [1.54, 1.807) is 23.4 Å². The maximum absolute atomic E-state index is 13.7. The molecule has 35 heavy (non-hydrogen) atoms. The maximum Gasteiger partial charge on any atom is 0.266 e. The van der Waals surface area contributed by atoms with Crippen molar-refractivity contribution < 1.29 is 14.3 Å². The highest BCUT2D eigenvalue weighted by atomic mass is 32.2. The number of hydrogen-bond donors (Lipinski definition) is 0. The lowest BCUT2D eigenvalue weighted by Crippen LogP contribution is -2.44. The van der Waals surface area contributed by atoms with Crippen LogP contribution in [0, 0.1) is 0 Å². The summed E-state index contributed by atoms with van der Waals surface area (Å²) in [4.78, 5) is 35.3. The van der Waals surface area contributed by atoms with Gasteiger partial charge in [-0.1, -0.05) is 23.9 Å². The molecule has 0 saturated carbocycles. The fourth-order valence-electron chi connectivity index (χ4n) is 4.65. The lowest BCUT2D eigenvalue weighted by Gasteiger charge is -2.32. The van der Waals surface area contributed by atoms with Gasteiger partial charge < -0.3 is 14.4 Å². The zero-order chi connectivity index (χ0) is 24.2. The molecule has 184 valence electrons. The zero-order valence-electron chi connectivity index (χ0n) is 19.9. The monoisotopic (exact) mass is 494 g/mol. The van der Waals surface area contributed by atoms with Crippen LogP contribution in [0.4, 0.5) is 0 Å². The molecule has 2 aromatic carbocycles. The van der Waals surface area contributed by atoms with Crippen molar-refractivity contribution in [1.29, 1.82) is 0 Å². The largest absolute Gasteiger partial charge is 0.497 e. The molecule has 0 bridgehead atoms. The van der Waals surface area contributed by atoms with Crippen LogP contribution in [0.2, 0.25) is 0 Å². The summed E-state index contributed by atoms with van der Waals surface area (Å²) in [7, 11) is 1.62. The topological polar surface area (TPSA) is 76.9 Å². The summed E-state index contributed by atoms with van der Waals surface area (Å²) < 4.78 is 12.5. The number of ether oxygens (including phenoxy) is 2. The summed E-state index contributed by atoms with van der Waals surface area (Å²) in [5.74, 6) is 0.930. The van der Waals surface area contributed by atoms with Crippen LogP contribution in [-0.2, 0) is 9.53 Å². The molecule has 1 atom stereocenters. The Balaban J connectivity index is 1.53. The first-order valence-electron chi connectivity index (χ1n) is 12.0. The van der Waals surface area contributed by atoms with Gasteiger partial charge in [0.25, 0.3) is 5.56 Å². The number of likely N-dealkylation sites (tertiary alicyclic amines) is 1. The van der Waals surface area contributed by atoms with Crippen LogP contribution in [0.15, 0.2) is 58.5 Å². The lowest BCUT2D eigenvalue weighted by molar-refractivity contribution is -0.127. The minimum atomic E-state index is -0.106. The number of nitrogens with zero attached hydrogens (tertiary/aromatic N) is 4. The van der Waals surface area contributed by atoms with Crippen molar-refractivity contribution in [2.24, 2.45) is 0 Å². The Hall–Kier alpha value is -2.88. The third-order valence-corrected chi connectivity index (χ3v) is 7.62. The van der Waals surface area contributed by atoms with E-state index >= 15 is 0 Å². The van der Waals surface area contributed by atoms with Gasteiger partial charge in [0.2, 0.25) is 5.91 Å². The highest BCUT2D eigenvalue weighted by molar-refractivity contribution is 7.99. The van der Waals surface area contributed by atoms with Gasteiger partial charge in [0.1, 0.15) is 5.75 Å². The number of amides is 1. The lowest BCUT2D eigenvalue weighted by atomic mass is 10.2. The van der Waals surface area contributed by atoms with Crippen molar-refractivity contribution in [3.8, 4) is 11.4 Å². The van der Waals surface area contributed by atoms with Crippen LogP contribution in [-0.4, -0.2) is 83.6 Å². The average Bonchev–Trinajstić information content (AvgIpc) is 3.29. The van der Waals surface area contributed by atoms with E-state index in [1.807, 2.05) is 53.4 Å². The molecule has 1 aromatic heterocycles. The van der Waals surface area contributed by atoms with E-state index in [0.717, 1.165) is 44.0 Å². The number of para-hydroxylation sites is 1. The first-order chi connectivity index (χ1) is 17.1. The summed E-state index contributed by atoms with van der Waals surface area (Å²) in [6, 6.07) is 14.9. The van der Waals surface area contributed by atoms with Gasteiger partial charge in [-0.05, 0) is 42.8 Å². The summed E-state index contributed by atoms with van der Waals surface area (Å²) in [6.07, 6.45) is 1.51. The normalized spacial score (nSPS) is 17.7. The Morgan fingerprint density at radius 3 is 2.51 bits per heavy atom. The van der Waals surface area contributed by atoms with E-state index in [2.05, 4.69) is 4.90 Å². The Kier molecular flexibility index (Phi) is 7.36. The number of fused-ring (bicyclic) bond motifs is 1. The fraction of sp³-hybridized carbons (Fsp3) is 0.423. The Bertz CT molecular complexity index is 1240. The SMILES string of the molecule is COc1ccc(-n2c(S[C@@H](CN3CCOCC3)CN3CCCC3=O)nc3ccccc3c2=O)cc1. The van der Waals surface area contributed by atoms with Crippen molar-refractivity contribution in [2.75, 3.05) is 53.0 Å². The zero-order valence-corrected chi connectivity index (χ0v) is 20.7. The molecule has 2 aliphatic heterocycles. The first kappa shape index (κ1) is 23.8. The molecule has 8 nitrogen and oxygen atoms in total. The summed E-state index contributed by atoms with van der Waals surface area (Å²) in [6.45, 7) is 5.36. The molecule has 0 aliphatic carbocycles. The predicted molar refractivity (Wildman–Crippen MR) is 137 cm³/mol. The Morgan fingerprint density at radius 1 is 1.03 bits per heavy atom. The quantitative estimate of drug-likeness (QED) is 0.352. The van der Waals surface area contributed by atoms with Gasteiger partial charge in [-0.15, -0.1) is 0 Å². The molecule has 2 saturated heterocycles. The van der Waals surface area contributed by atoms with Crippen LogP contribution < -0.4 is 10.3 Å². The number of hydrogen-bond acceptors (Lipinski definition) is 7. The molecule has 9 heteroatoms. The van der Waals surface area contributed by atoms with Crippen molar-refractivity contribution in [1.82, 2.24) is 19.4 Å². The number of thioether (sulfide) groups is 1. The molecule has 0 N–H and O–H groups in total. The molecule has 3 heterocycles. The van der Waals surface area contributed by atoms with Gasteiger partial charge in [-0.25, -0.2) is 4.98 Å². The van der Waals surface area contributed by atoms with Crippen molar-refractivity contribution in [2.45, 2.75) is 23.2 Å². The molecule has 0 spiro atoms. The van der Waals surface area contributed by atoms with E-state index in [4.69, 9.17) is 14.5 Å². The first-order valence-corrected chi connectivity index (χ1v) is 12.9. The van der Waals surface area contributed by atoms with Gasteiger partial charge in [-0.3, -0.25) is 19.1 Å². The van der Waals surface area contributed by atoms with Gasteiger partial charge in [0.15, 0.2) is 5.16 Å². The number of aromatic nitrogens is 2. The smallest absolute Gasteiger partial charge is 0.266 e. The van der Waals surface area contributed by atoms with Crippen LogP contribution in [0.3, 0.4) is 0 Å². The number of carbonyl (C=O) groups excluding carboxylic acids is 1. The number of methoxy groups -OCH3 is 1. The second kappa shape index (κ2) is 10.8. The fourth-order valence-corrected chi connectivity index (χ4v) is 5.93. The number of benzene rings is 2. The highest BCUT2D eigenvalue weighted by Gasteiger charge is 2.27. The average molecular weight is 495 g/mol. The summed E-state index contributed by atoms with van der Waals surface area (Å²) in [5.41, 5.74) is 1.30. The minimum absolute atomic E-state index is 0.0627. The molecular formula is C26H30N4O4S. The molecule has 1 amide bonds. The van der Waals surface area contributed by atoms with E-state index < -0.39 is 0 Å². The van der Waals surface area contributed by atoms with E-state index in [-0.39, 0.29) is 16.7 Å². The predicted octanol–water partition coefficient (Wildman–Crippen LogP) is 2.81. The van der Waals surface area contributed by atoms with Crippen LogP contribution in [0.25, 0.3) is 16.6 Å². The van der Waals surface area contributed by atoms with Crippen molar-refractivity contribution >= 4 is 28.6 Å². The minimum Gasteiger partial charge on any atom is -0.497 e. The standard InChI is InChI=1S/C26H30N4O4S/c1-33-20-10-8-19(9-11-20)30-25(32)22-5-2-3-6-23(22)27-26(30)35-21(17-28-13-15-34-16-14-28)18-29-12-4-7-24(29)31/h2-3,5-6,8-11,21H,4,7,12-18H2,1H3/t21-/m0/s1.